The Hall–Kier alpha value is -2.91. The van der Waals surface area contributed by atoms with Gasteiger partial charge < -0.3 is 10.2 Å². The summed E-state index contributed by atoms with van der Waals surface area (Å²) in [4.78, 5) is 15.8. The first-order valence-electron chi connectivity index (χ1n) is 13.2. The quantitative estimate of drug-likeness (QED) is 0.366. The van der Waals surface area contributed by atoms with Crippen molar-refractivity contribution in [2.75, 3.05) is 19.6 Å². The molecule has 0 saturated carbocycles. The Morgan fingerprint density at radius 2 is 1.63 bits per heavy atom. The number of carbonyl (C=O) groups excluding carboxylic acids is 1. The van der Waals surface area contributed by atoms with E-state index >= 15 is 0 Å². The molecule has 3 heteroatoms. The van der Waals surface area contributed by atoms with E-state index in [4.69, 9.17) is 0 Å². The first kappa shape index (κ1) is 25.2. The summed E-state index contributed by atoms with van der Waals surface area (Å²) in [7, 11) is 0. The molecular weight excluding hydrogens is 428 g/mol. The fraction of sp³-hybridized carbons (Fsp3) is 0.406. The van der Waals surface area contributed by atoms with Crippen molar-refractivity contribution < 1.29 is 4.79 Å². The molecule has 1 aliphatic rings. The molecule has 0 radical (unpaired) electrons. The first-order chi connectivity index (χ1) is 17.0. The van der Waals surface area contributed by atoms with Crippen LogP contribution in [0, 0.1) is 6.92 Å². The van der Waals surface area contributed by atoms with Gasteiger partial charge in [-0.05, 0) is 73.7 Å². The minimum atomic E-state index is 0.0487. The van der Waals surface area contributed by atoms with Gasteiger partial charge in [-0.25, -0.2) is 0 Å². The van der Waals surface area contributed by atoms with E-state index in [1.54, 1.807) is 0 Å². The van der Waals surface area contributed by atoms with Crippen molar-refractivity contribution in [3.63, 3.8) is 0 Å². The number of carbonyl (C=O) groups is 1. The van der Waals surface area contributed by atoms with Gasteiger partial charge in [0.05, 0.1) is 0 Å². The number of piperidine rings is 1. The molecule has 1 heterocycles. The summed E-state index contributed by atoms with van der Waals surface area (Å²) in [6, 6.07) is 27.6. The maximum absolute atomic E-state index is 13.3. The molecule has 1 atom stereocenters. The fourth-order valence-electron chi connectivity index (χ4n) is 5.34. The summed E-state index contributed by atoms with van der Waals surface area (Å²) >= 11 is 0. The standard InChI is InChI=1S/C32H40N2O/c1-4-32(3,27-14-9-6-10-15-27)20-11-21-34-22-18-28(19-23-34)33-31(35)30-24-25(2)16-17-29(30)26-12-7-5-8-13-26/h5-10,12-17,24,28H,4,11,18-23H2,1-3H3,(H,33,35). The van der Waals surface area contributed by atoms with E-state index in [2.05, 4.69) is 78.7 Å². The lowest BCUT2D eigenvalue weighted by Crippen LogP contribution is -2.45. The van der Waals surface area contributed by atoms with Crippen LogP contribution in [0.5, 0.6) is 0 Å². The molecule has 3 nitrogen and oxygen atoms in total. The summed E-state index contributed by atoms with van der Waals surface area (Å²) in [5, 5.41) is 3.34. The minimum absolute atomic E-state index is 0.0487. The lowest BCUT2D eigenvalue weighted by molar-refractivity contribution is 0.0910. The number of benzene rings is 3. The maximum Gasteiger partial charge on any atom is 0.252 e. The van der Waals surface area contributed by atoms with Crippen LogP contribution in [-0.4, -0.2) is 36.5 Å². The number of aryl methyl sites for hydroxylation is 1. The molecule has 0 aromatic heterocycles. The van der Waals surface area contributed by atoms with Gasteiger partial charge in [-0.3, -0.25) is 4.79 Å². The summed E-state index contributed by atoms with van der Waals surface area (Å²) < 4.78 is 0. The lowest BCUT2D eigenvalue weighted by Gasteiger charge is -2.34. The van der Waals surface area contributed by atoms with Gasteiger partial charge in [0.25, 0.3) is 5.91 Å². The second-order valence-electron chi connectivity index (χ2n) is 10.4. The zero-order valence-corrected chi connectivity index (χ0v) is 21.6. The molecule has 0 spiro atoms. The molecule has 1 fully saturated rings. The average Bonchev–Trinajstić information content (AvgIpc) is 2.90. The molecule has 35 heavy (non-hydrogen) atoms. The van der Waals surface area contributed by atoms with E-state index in [1.165, 1.54) is 18.4 Å². The van der Waals surface area contributed by atoms with Crippen LogP contribution in [0.2, 0.25) is 0 Å². The Balaban J connectivity index is 1.28. The monoisotopic (exact) mass is 468 g/mol. The molecule has 1 N–H and O–H groups in total. The van der Waals surface area contributed by atoms with Gasteiger partial charge in [0.1, 0.15) is 0 Å². The molecule has 1 amide bonds. The van der Waals surface area contributed by atoms with Gasteiger partial charge in [0, 0.05) is 24.7 Å². The Bertz CT molecular complexity index is 1090. The SMILES string of the molecule is CCC(C)(CCCN1CCC(NC(=O)c2cc(C)ccc2-c2ccccc2)CC1)c1ccccc1. The van der Waals surface area contributed by atoms with E-state index in [0.717, 1.165) is 61.2 Å². The van der Waals surface area contributed by atoms with Crippen molar-refractivity contribution in [1.29, 1.82) is 0 Å². The van der Waals surface area contributed by atoms with Crippen LogP contribution < -0.4 is 5.32 Å². The highest BCUT2D eigenvalue weighted by Gasteiger charge is 2.26. The van der Waals surface area contributed by atoms with Crippen LogP contribution in [0.1, 0.15) is 67.4 Å². The number of likely N-dealkylation sites (tertiary alicyclic amines) is 1. The van der Waals surface area contributed by atoms with Gasteiger partial charge in [0.15, 0.2) is 0 Å². The molecule has 3 aromatic rings. The summed E-state index contributed by atoms with van der Waals surface area (Å²) in [6.45, 7) is 10.00. The Morgan fingerprint density at radius 3 is 2.29 bits per heavy atom. The minimum Gasteiger partial charge on any atom is -0.349 e. The van der Waals surface area contributed by atoms with Crippen LogP contribution in [-0.2, 0) is 5.41 Å². The number of nitrogens with one attached hydrogen (secondary N) is 1. The van der Waals surface area contributed by atoms with Crippen molar-refractivity contribution in [2.24, 2.45) is 0 Å². The van der Waals surface area contributed by atoms with Crippen LogP contribution in [0.15, 0.2) is 78.9 Å². The van der Waals surface area contributed by atoms with Gasteiger partial charge in [-0.15, -0.1) is 0 Å². The summed E-state index contributed by atoms with van der Waals surface area (Å²) in [5.74, 6) is 0.0487. The number of nitrogens with zero attached hydrogens (tertiary/aromatic N) is 1. The third-order valence-electron chi connectivity index (χ3n) is 7.88. The normalized spacial score (nSPS) is 16.5. The van der Waals surface area contributed by atoms with E-state index in [-0.39, 0.29) is 17.4 Å². The molecule has 0 aliphatic carbocycles. The predicted octanol–water partition coefficient (Wildman–Crippen LogP) is 7.00. The molecule has 4 rings (SSSR count). The molecule has 1 saturated heterocycles. The van der Waals surface area contributed by atoms with Crippen LogP contribution in [0.3, 0.4) is 0 Å². The smallest absolute Gasteiger partial charge is 0.252 e. The van der Waals surface area contributed by atoms with Gasteiger partial charge in [-0.1, -0.05) is 92.2 Å². The maximum atomic E-state index is 13.3. The zero-order valence-electron chi connectivity index (χ0n) is 21.6. The highest BCUT2D eigenvalue weighted by molar-refractivity contribution is 6.01. The third-order valence-corrected chi connectivity index (χ3v) is 7.88. The Morgan fingerprint density at radius 1 is 0.971 bits per heavy atom. The molecule has 1 unspecified atom stereocenters. The van der Waals surface area contributed by atoms with Crippen LogP contribution in [0.4, 0.5) is 0 Å². The van der Waals surface area contributed by atoms with Crippen molar-refractivity contribution in [1.82, 2.24) is 10.2 Å². The molecule has 3 aromatic carbocycles. The predicted molar refractivity (Wildman–Crippen MR) is 147 cm³/mol. The highest BCUT2D eigenvalue weighted by atomic mass is 16.1. The van der Waals surface area contributed by atoms with Crippen molar-refractivity contribution in [3.05, 3.63) is 95.6 Å². The molecule has 184 valence electrons. The Kier molecular flexibility index (Phi) is 8.41. The Labute approximate surface area is 211 Å². The molecule has 0 bridgehead atoms. The molecule has 1 aliphatic heterocycles. The number of amides is 1. The van der Waals surface area contributed by atoms with Gasteiger partial charge in [-0.2, -0.15) is 0 Å². The van der Waals surface area contributed by atoms with Crippen LogP contribution in [0.25, 0.3) is 11.1 Å². The van der Waals surface area contributed by atoms with E-state index in [1.807, 2.05) is 31.2 Å². The zero-order chi connectivity index (χ0) is 24.7. The van der Waals surface area contributed by atoms with E-state index in [0.29, 0.717) is 0 Å². The topological polar surface area (TPSA) is 32.3 Å². The molecular formula is C32H40N2O. The van der Waals surface area contributed by atoms with Crippen molar-refractivity contribution >= 4 is 5.91 Å². The largest absolute Gasteiger partial charge is 0.349 e. The van der Waals surface area contributed by atoms with Crippen LogP contribution >= 0.6 is 0 Å². The second kappa shape index (κ2) is 11.7. The average molecular weight is 469 g/mol. The number of rotatable bonds is 9. The highest BCUT2D eigenvalue weighted by Crippen LogP contribution is 2.32. The third kappa shape index (κ3) is 6.41. The number of hydrogen-bond donors (Lipinski definition) is 1. The van der Waals surface area contributed by atoms with Gasteiger partial charge in [0.2, 0.25) is 0 Å². The lowest BCUT2D eigenvalue weighted by atomic mass is 9.76. The van der Waals surface area contributed by atoms with Gasteiger partial charge >= 0.3 is 0 Å². The van der Waals surface area contributed by atoms with E-state index in [9.17, 15) is 4.79 Å². The van der Waals surface area contributed by atoms with Crippen molar-refractivity contribution in [3.8, 4) is 11.1 Å². The second-order valence-corrected chi connectivity index (χ2v) is 10.4. The summed E-state index contributed by atoms with van der Waals surface area (Å²) in [5.41, 5.74) is 5.68. The fourth-order valence-corrected chi connectivity index (χ4v) is 5.34. The summed E-state index contributed by atoms with van der Waals surface area (Å²) in [6.07, 6.45) is 5.61. The van der Waals surface area contributed by atoms with Crippen molar-refractivity contribution in [2.45, 2.75) is 64.3 Å². The number of hydrogen-bond acceptors (Lipinski definition) is 2. The van der Waals surface area contributed by atoms with E-state index < -0.39 is 0 Å². The first-order valence-corrected chi connectivity index (χ1v) is 13.2.